The number of para-hydroxylation sites is 2. The first-order valence-corrected chi connectivity index (χ1v) is 21.9. The number of hydrogen-bond acceptors (Lipinski definition) is 6. The zero-order valence-electron chi connectivity index (χ0n) is 28.5. The molecule has 0 aromatic heterocycles. The first-order chi connectivity index (χ1) is 26.8. The van der Waals surface area contributed by atoms with Crippen LogP contribution in [0.4, 0.5) is 34.1 Å². The van der Waals surface area contributed by atoms with Crippen molar-refractivity contribution in [3.8, 4) is 46.0 Å². The lowest BCUT2D eigenvalue weighted by Crippen LogP contribution is -2.62. The number of rotatable bonds is 2. The molecule has 6 nitrogen and oxygen atoms in total. The third-order valence-electron chi connectivity index (χ3n) is 12.1. The van der Waals surface area contributed by atoms with E-state index in [4.69, 9.17) is 18.9 Å². The maximum absolute atomic E-state index is 7.09. The Labute approximate surface area is 312 Å². The smallest absolute Gasteiger partial charge is 0.157 e. The third-order valence-corrected chi connectivity index (χ3v) is 19.0. The first-order valence-electron chi connectivity index (χ1n) is 18.4. The van der Waals surface area contributed by atoms with Gasteiger partial charge in [-0.2, -0.15) is 0 Å². The summed E-state index contributed by atoms with van der Waals surface area (Å²) in [6.45, 7) is 0. The Morgan fingerprint density at radius 3 is 1.07 bits per heavy atom. The molecular formula is C46H26N2O4Si2. The van der Waals surface area contributed by atoms with Gasteiger partial charge in [-0.05, 0) is 84.9 Å². The Balaban J connectivity index is 1.18. The van der Waals surface area contributed by atoms with Crippen LogP contribution >= 0.6 is 0 Å². The molecule has 0 aliphatic carbocycles. The maximum atomic E-state index is 7.09. The van der Waals surface area contributed by atoms with E-state index in [2.05, 4.69) is 155 Å². The van der Waals surface area contributed by atoms with Crippen LogP contribution < -0.4 is 59.9 Å². The van der Waals surface area contributed by atoms with Crippen molar-refractivity contribution in [2.45, 2.75) is 0 Å². The molecule has 0 saturated carbocycles. The van der Waals surface area contributed by atoms with E-state index in [9.17, 15) is 0 Å². The van der Waals surface area contributed by atoms with Gasteiger partial charge >= 0.3 is 0 Å². The predicted octanol–water partition coefficient (Wildman–Crippen LogP) is 7.33. The molecule has 0 bridgehead atoms. The average molecular weight is 727 g/mol. The summed E-state index contributed by atoms with van der Waals surface area (Å²) in [5, 5.41) is 9.91. The van der Waals surface area contributed by atoms with Crippen molar-refractivity contribution in [2.75, 3.05) is 9.80 Å². The fourth-order valence-electron chi connectivity index (χ4n) is 10.2. The van der Waals surface area contributed by atoms with E-state index in [1.807, 2.05) is 0 Å². The van der Waals surface area contributed by atoms with Crippen LogP contribution in [0.15, 0.2) is 146 Å². The lowest BCUT2D eigenvalue weighted by Gasteiger charge is -2.46. The van der Waals surface area contributed by atoms with Crippen LogP contribution in [0.5, 0.6) is 46.0 Å². The second kappa shape index (κ2) is 9.62. The van der Waals surface area contributed by atoms with E-state index >= 15 is 0 Å². The third kappa shape index (κ3) is 3.25. The van der Waals surface area contributed by atoms with Crippen LogP contribution in [0, 0.1) is 0 Å². The highest BCUT2D eigenvalue weighted by atomic mass is 28.3. The van der Waals surface area contributed by atoms with Gasteiger partial charge in [0.05, 0.1) is 11.4 Å². The highest BCUT2D eigenvalue weighted by molar-refractivity contribution is 7.02. The summed E-state index contributed by atoms with van der Waals surface area (Å²) < 4.78 is 27.6. The van der Waals surface area contributed by atoms with Crippen molar-refractivity contribution in [3.63, 3.8) is 0 Å². The molecule has 6 aliphatic rings. The van der Waals surface area contributed by atoms with Gasteiger partial charge in [-0.15, -0.1) is 0 Å². The molecule has 8 aromatic carbocycles. The van der Waals surface area contributed by atoms with Gasteiger partial charge in [-0.1, -0.05) is 60.7 Å². The van der Waals surface area contributed by atoms with E-state index in [1.54, 1.807) is 0 Å². The van der Waals surface area contributed by atoms with Crippen molar-refractivity contribution in [2.24, 2.45) is 0 Å². The van der Waals surface area contributed by atoms with E-state index in [-0.39, 0.29) is 0 Å². The normalized spacial score (nSPS) is 17.4. The van der Waals surface area contributed by atoms with Crippen molar-refractivity contribution in [1.82, 2.24) is 0 Å². The van der Waals surface area contributed by atoms with Gasteiger partial charge in [-0.25, -0.2) is 0 Å². The van der Waals surface area contributed by atoms with Crippen LogP contribution in [0.25, 0.3) is 10.8 Å². The molecule has 54 heavy (non-hydrogen) atoms. The molecule has 0 saturated heterocycles. The summed E-state index contributed by atoms with van der Waals surface area (Å²) in [5.74, 6) is 7.35. The lowest BCUT2D eigenvalue weighted by molar-refractivity contribution is 0.463. The summed E-state index contributed by atoms with van der Waals surface area (Å²) in [6, 6.07) is 51.8. The van der Waals surface area contributed by atoms with Gasteiger partial charge in [0.25, 0.3) is 0 Å². The topological polar surface area (TPSA) is 43.4 Å². The van der Waals surface area contributed by atoms with Gasteiger partial charge in [0.2, 0.25) is 0 Å². The quantitative estimate of drug-likeness (QED) is 0.174. The fourth-order valence-corrected chi connectivity index (χ4v) is 17.5. The zero-order valence-corrected chi connectivity index (χ0v) is 30.8. The molecule has 0 amide bonds. The summed E-state index contributed by atoms with van der Waals surface area (Å²) in [4.78, 5) is 4.91. The van der Waals surface area contributed by atoms with Crippen molar-refractivity contribution in [1.29, 1.82) is 0 Å². The maximum Gasteiger partial charge on any atom is 0.157 e. The van der Waals surface area contributed by atoms with Gasteiger partial charge in [-0.3, -0.25) is 0 Å². The number of anilines is 6. The van der Waals surface area contributed by atoms with Gasteiger partial charge in [0.15, 0.2) is 17.6 Å². The number of nitrogens with zero attached hydrogens (tertiary/aromatic N) is 2. The molecule has 0 fully saturated rings. The first kappa shape index (κ1) is 27.8. The zero-order chi connectivity index (χ0) is 34.8. The minimum absolute atomic E-state index is 0.901. The minimum atomic E-state index is -2.08. The van der Waals surface area contributed by atoms with Gasteiger partial charge in [0.1, 0.15) is 46.0 Å². The van der Waals surface area contributed by atoms with Crippen LogP contribution in [0.2, 0.25) is 0 Å². The van der Waals surface area contributed by atoms with E-state index in [1.165, 1.54) is 53.9 Å². The van der Waals surface area contributed by atoms with Crippen LogP contribution in [-0.4, -0.2) is 17.6 Å². The van der Waals surface area contributed by atoms with E-state index in [0.717, 1.165) is 68.1 Å². The van der Waals surface area contributed by atoms with Crippen molar-refractivity contribution in [3.05, 3.63) is 146 Å². The Kier molecular flexibility index (Phi) is 4.96. The summed E-state index contributed by atoms with van der Waals surface area (Å²) >= 11 is 0. The molecular weight excluding hydrogens is 701 g/mol. The summed E-state index contributed by atoms with van der Waals surface area (Å²) in [7, 11) is -4.16. The number of hydrogen-bond donors (Lipinski definition) is 0. The highest BCUT2D eigenvalue weighted by Gasteiger charge is 2.50. The number of ether oxygens (including phenoxy) is 4. The molecule has 6 aliphatic heterocycles. The highest BCUT2D eigenvalue weighted by Crippen LogP contribution is 2.53. The van der Waals surface area contributed by atoms with Gasteiger partial charge < -0.3 is 28.7 Å². The molecule has 6 heterocycles. The standard InChI is InChI=1S/C46H26N2O4Si2/c1-3-11-25(12-4-1)47-29-15-7-17-31-41(29)53-43-33(49-31)19-9-21-35(43)51-37-24-28-27(39(47)45(37)53)23-38-46-40(28)48(26-13-5-2-6-14-26)30-16-8-18-32-42(30)54(46)44-34(50-32)20-10-22-36(44)52-38/h1-24,53-54H. The summed E-state index contributed by atoms with van der Waals surface area (Å²) in [6.07, 6.45) is 0. The molecule has 8 heteroatoms. The average Bonchev–Trinajstić information content (AvgIpc) is 3.22. The van der Waals surface area contributed by atoms with E-state index in [0.29, 0.717) is 0 Å². The molecule has 8 aromatic rings. The predicted molar refractivity (Wildman–Crippen MR) is 219 cm³/mol. The molecule has 0 N–H and O–H groups in total. The van der Waals surface area contributed by atoms with Crippen LogP contribution in [0.3, 0.4) is 0 Å². The Morgan fingerprint density at radius 2 is 0.667 bits per heavy atom. The molecule has 0 radical (unpaired) electrons. The van der Waals surface area contributed by atoms with Crippen LogP contribution in [-0.2, 0) is 0 Å². The SMILES string of the molecule is c1ccc(N2c3cccc4c3[SiH]3c5c(cccc5Oc5cc6c7c8c(cc6c2c53)Oc2cccc3c2[SiH]8c2c(cccc2N7c2ccccc2)O3)O4)cc1. The summed E-state index contributed by atoms with van der Waals surface area (Å²) in [5.41, 5.74) is 6.85. The molecule has 0 spiro atoms. The Morgan fingerprint density at radius 1 is 0.315 bits per heavy atom. The minimum Gasteiger partial charge on any atom is -0.457 e. The fraction of sp³-hybridized carbons (Fsp3) is 0. The van der Waals surface area contributed by atoms with Gasteiger partial charge in [0, 0.05) is 64.6 Å². The largest absolute Gasteiger partial charge is 0.457 e. The number of fused-ring (bicyclic) bond motifs is 3. The Bertz CT molecular complexity index is 2840. The van der Waals surface area contributed by atoms with Crippen LogP contribution in [0.1, 0.15) is 0 Å². The van der Waals surface area contributed by atoms with Crippen molar-refractivity contribution >= 4 is 93.6 Å². The molecule has 2 atom stereocenters. The monoisotopic (exact) mass is 726 g/mol. The van der Waals surface area contributed by atoms with Crippen molar-refractivity contribution < 1.29 is 18.9 Å². The Hall–Kier alpha value is -6.75. The molecule has 252 valence electrons. The second-order valence-corrected chi connectivity index (χ2v) is 19.9. The second-order valence-electron chi connectivity index (χ2n) is 14.7. The molecule has 2 unspecified atom stereocenters. The molecule has 14 rings (SSSR count). The lowest BCUT2D eigenvalue weighted by atomic mass is 10.00. The van der Waals surface area contributed by atoms with E-state index < -0.39 is 17.6 Å². The number of benzene rings is 8.